The average molecular weight is 369 g/mol. The first kappa shape index (κ1) is 15.3. The lowest BCUT2D eigenvalue weighted by molar-refractivity contribution is 1.06. The van der Waals surface area contributed by atoms with Crippen LogP contribution in [0.3, 0.4) is 0 Å². The van der Waals surface area contributed by atoms with Crippen molar-refractivity contribution in [2.45, 2.75) is 26.7 Å². The van der Waals surface area contributed by atoms with Crippen molar-refractivity contribution in [1.29, 1.82) is 0 Å². The van der Waals surface area contributed by atoms with Crippen LogP contribution in [0.1, 0.15) is 28.8 Å². The van der Waals surface area contributed by atoms with Gasteiger partial charge in [0.25, 0.3) is 0 Å². The highest BCUT2D eigenvalue weighted by molar-refractivity contribution is 9.11. The normalized spacial score (nSPS) is 16.7. The summed E-state index contributed by atoms with van der Waals surface area (Å²) in [5.41, 5.74) is 6.57. The Balaban J connectivity index is 2.21. The number of hydrogen-bond donors (Lipinski definition) is 0. The van der Waals surface area contributed by atoms with E-state index < -0.39 is 0 Å². The van der Waals surface area contributed by atoms with Crippen LogP contribution < -0.4 is 0 Å². The second-order valence-corrected chi connectivity index (χ2v) is 8.05. The van der Waals surface area contributed by atoms with Crippen molar-refractivity contribution >= 4 is 27.3 Å². The molecular weight excluding hydrogens is 352 g/mol. The number of halogens is 1. The Morgan fingerprint density at radius 2 is 1.86 bits per heavy atom. The van der Waals surface area contributed by atoms with Gasteiger partial charge in [-0.05, 0) is 71.1 Å². The third kappa shape index (κ3) is 2.84. The lowest BCUT2D eigenvalue weighted by Gasteiger charge is -2.15. The number of allylic oxidation sites excluding steroid dienone is 4. The van der Waals surface area contributed by atoms with Gasteiger partial charge in [-0.2, -0.15) is 0 Å². The van der Waals surface area contributed by atoms with E-state index in [1.807, 2.05) is 12.2 Å². The quantitative estimate of drug-likeness (QED) is 0.538. The van der Waals surface area contributed by atoms with E-state index in [1.54, 1.807) is 11.3 Å². The van der Waals surface area contributed by atoms with Crippen molar-refractivity contribution < 1.29 is 0 Å². The van der Waals surface area contributed by atoms with Gasteiger partial charge in [-0.1, -0.05) is 47.8 Å². The van der Waals surface area contributed by atoms with Crippen LogP contribution in [0.15, 0.2) is 51.9 Å². The Bertz CT molecular complexity index is 820. The molecule has 1 aliphatic carbocycles. The summed E-state index contributed by atoms with van der Waals surface area (Å²) < 4.78 is 1.16. The van der Waals surface area contributed by atoms with Gasteiger partial charge in [0.05, 0.1) is 9.70 Å². The molecule has 1 heterocycles. The molecule has 22 heavy (non-hydrogen) atoms. The summed E-state index contributed by atoms with van der Waals surface area (Å²) in [6.07, 6.45) is 6.11. The van der Waals surface area contributed by atoms with Crippen LogP contribution in [0.25, 0.3) is 11.1 Å². The third-order valence-corrected chi connectivity index (χ3v) is 5.67. The summed E-state index contributed by atoms with van der Waals surface area (Å²) in [5, 5.41) is 0. The smallest absolute Gasteiger partial charge is 0.0765 e. The monoisotopic (exact) mass is 368 g/mol. The van der Waals surface area contributed by atoms with Gasteiger partial charge < -0.3 is 0 Å². The molecule has 0 aliphatic heterocycles. The summed E-state index contributed by atoms with van der Waals surface area (Å²) in [4.78, 5) is 1.33. The maximum absolute atomic E-state index is 3.67. The Kier molecular flexibility index (Phi) is 4.38. The minimum Gasteiger partial charge on any atom is -0.131 e. The van der Waals surface area contributed by atoms with E-state index in [2.05, 4.69) is 78.9 Å². The molecular formula is C20H17BrS. The minimum atomic E-state index is 0.167. The molecule has 1 unspecified atom stereocenters. The van der Waals surface area contributed by atoms with Gasteiger partial charge in [0, 0.05) is 4.88 Å². The summed E-state index contributed by atoms with van der Waals surface area (Å²) in [6, 6.07) is 8.72. The zero-order valence-electron chi connectivity index (χ0n) is 12.9. The first-order valence-electron chi connectivity index (χ1n) is 7.28. The molecule has 110 valence electrons. The van der Waals surface area contributed by atoms with E-state index in [0.29, 0.717) is 0 Å². The lowest BCUT2D eigenvalue weighted by atomic mass is 9.90. The van der Waals surface area contributed by atoms with Crippen LogP contribution in [0.2, 0.25) is 0 Å². The molecule has 0 saturated carbocycles. The van der Waals surface area contributed by atoms with Crippen molar-refractivity contribution in [3.05, 3.63) is 67.9 Å². The van der Waals surface area contributed by atoms with E-state index in [-0.39, 0.29) is 5.92 Å². The summed E-state index contributed by atoms with van der Waals surface area (Å²) >= 11 is 5.46. The van der Waals surface area contributed by atoms with E-state index >= 15 is 0 Å². The van der Waals surface area contributed by atoms with E-state index in [9.17, 15) is 0 Å². The maximum atomic E-state index is 3.67. The van der Waals surface area contributed by atoms with E-state index in [4.69, 9.17) is 0 Å². The predicted molar refractivity (Wildman–Crippen MR) is 100 cm³/mol. The van der Waals surface area contributed by atoms with Crippen molar-refractivity contribution in [2.24, 2.45) is 0 Å². The van der Waals surface area contributed by atoms with Crippen LogP contribution in [-0.4, -0.2) is 0 Å². The van der Waals surface area contributed by atoms with Crippen molar-refractivity contribution in [3.63, 3.8) is 0 Å². The Hall–Kier alpha value is -1.56. The fourth-order valence-electron chi connectivity index (χ4n) is 2.89. The molecule has 0 radical (unpaired) electrons. The molecule has 0 nitrogen and oxygen atoms in total. The molecule has 0 saturated heterocycles. The zero-order chi connectivity index (χ0) is 15.7. The van der Waals surface area contributed by atoms with Crippen molar-refractivity contribution in [1.82, 2.24) is 0 Å². The summed E-state index contributed by atoms with van der Waals surface area (Å²) in [5.74, 6) is 6.71. The van der Waals surface area contributed by atoms with Gasteiger partial charge in [-0.15, -0.1) is 11.3 Å². The van der Waals surface area contributed by atoms with Gasteiger partial charge in [0.2, 0.25) is 0 Å². The first-order chi connectivity index (χ1) is 10.6. The van der Waals surface area contributed by atoms with Crippen LogP contribution in [0.4, 0.5) is 0 Å². The molecule has 0 fully saturated rings. The standard InChI is InChI=1S/C20H17BrS/c1-13-8-5-4-6-11-16(13)20-17(12-18(21)22-20)19-14(2)9-7-10-15(19)3/h4-5,7-10,12,16H,1-3H3. The van der Waals surface area contributed by atoms with E-state index in [1.165, 1.54) is 32.7 Å². The minimum absolute atomic E-state index is 0.167. The zero-order valence-corrected chi connectivity index (χ0v) is 15.3. The molecule has 1 aliphatic rings. The number of rotatable bonds is 2. The van der Waals surface area contributed by atoms with Gasteiger partial charge in [0.1, 0.15) is 0 Å². The molecule has 1 aromatic carbocycles. The second kappa shape index (κ2) is 6.28. The van der Waals surface area contributed by atoms with Gasteiger partial charge in [-0.3, -0.25) is 0 Å². The van der Waals surface area contributed by atoms with Crippen LogP contribution >= 0.6 is 27.3 Å². The molecule has 3 rings (SSSR count). The van der Waals surface area contributed by atoms with Gasteiger partial charge >= 0.3 is 0 Å². The topological polar surface area (TPSA) is 0 Å². The third-order valence-electron chi connectivity index (χ3n) is 3.97. The molecule has 0 N–H and O–H groups in total. The van der Waals surface area contributed by atoms with Gasteiger partial charge in [0.15, 0.2) is 0 Å². The maximum Gasteiger partial charge on any atom is 0.0765 e. The number of aryl methyl sites for hydroxylation is 2. The fraction of sp³-hybridized carbons (Fsp3) is 0.200. The molecule has 0 spiro atoms. The number of hydrogen-bond acceptors (Lipinski definition) is 1. The highest BCUT2D eigenvalue weighted by Gasteiger charge is 2.21. The molecule has 2 aromatic rings. The number of thiophene rings is 1. The van der Waals surface area contributed by atoms with Crippen LogP contribution in [0, 0.1) is 25.7 Å². The average Bonchev–Trinajstić information content (AvgIpc) is 2.70. The molecule has 1 aromatic heterocycles. The summed E-state index contributed by atoms with van der Waals surface area (Å²) in [6.45, 7) is 6.53. The predicted octanol–water partition coefficient (Wildman–Crippen LogP) is 6.40. The Morgan fingerprint density at radius 3 is 2.59 bits per heavy atom. The molecule has 2 heteroatoms. The molecule has 0 bridgehead atoms. The fourth-order valence-corrected chi connectivity index (χ4v) is 4.66. The number of benzene rings is 1. The Morgan fingerprint density at radius 1 is 1.14 bits per heavy atom. The first-order valence-corrected chi connectivity index (χ1v) is 8.89. The highest BCUT2D eigenvalue weighted by atomic mass is 79.9. The van der Waals surface area contributed by atoms with Crippen LogP contribution in [-0.2, 0) is 0 Å². The molecule has 1 atom stereocenters. The van der Waals surface area contributed by atoms with E-state index in [0.717, 1.165) is 3.79 Å². The highest BCUT2D eigenvalue weighted by Crippen LogP contribution is 2.43. The second-order valence-electron chi connectivity index (χ2n) is 5.59. The summed E-state index contributed by atoms with van der Waals surface area (Å²) in [7, 11) is 0. The lowest BCUT2D eigenvalue weighted by Crippen LogP contribution is -1.98. The van der Waals surface area contributed by atoms with Crippen LogP contribution in [0.5, 0.6) is 0 Å². The van der Waals surface area contributed by atoms with Crippen molar-refractivity contribution in [2.75, 3.05) is 0 Å². The molecule has 0 amide bonds. The largest absolute Gasteiger partial charge is 0.131 e. The van der Waals surface area contributed by atoms with Gasteiger partial charge in [-0.25, -0.2) is 0 Å². The Labute approximate surface area is 144 Å². The van der Waals surface area contributed by atoms with Crippen molar-refractivity contribution in [3.8, 4) is 23.0 Å². The SMILES string of the molecule is CC1=CC=CC#CC1c1sc(Br)cc1-c1c(C)cccc1C.